The molecule has 1 nitrogen and oxygen atoms in total. The number of fused-ring (bicyclic) bond motifs is 1. The van der Waals surface area contributed by atoms with Crippen molar-refractivity contribution in [3.8, 4) is 0 Å². The van der Waals surface area contributed by atoms with Crippen molar-refractivity contribution in [1.82, 2.24) is 5.31 Å². The molecule has 0 fully saturated rings. The van der Waals surface area contributed by atoms with Gasteiger partial charge in [-0.25, -0.2) is 0 Å². The van der Waals surface area contributed by atoms with Crippen molar-refractivity contribution in [3.63, 3.8) is 0 Å². The van der Waals surface area contributed by atoms with Gasteiger partial charge in [0.25, 0.3) is 0 Å². The molecule has 1 aliphatic heterocycles. The van der Waals surface area contributed by atoms with E-state index in [2.05, 4.69) is 6.08 Å². The van der Waals surface area contributed by atoms with Gasteiger partial charge in [-0.2, -0.15) is 0 Å². The molecule has 0 radical (unpaired) electrons. The lowest BCUT2D eigenvalue weighted by atomic mass is 10.1. The summed E-state index contributed by atoms with van der Waals surface area (Å²) in [5.74, 6) is 0.391. The van der Waals surface area contributed by atoms with Gasteiger partial charge in [-0.3, -0.25) is 0 Å². The lowest BCUT2D eigenvalue weighted by molar-refractivity contribution is 0.950. The molecule has 40 valence electrons. The van der Waals surface area contributed by atoms with Crippen LogP contribution in [0.25, 0.3) is 0 Å². The third kappa shape index (κ3) is 0.360. The zero-order chi connectivity index (χ0) is 6.27. The van der Waals surface area contributed by atoms with E-state index in [9.17, 15) is 0 Å². The van der Waals surface area contributed by atoms with Gasteiger partial charge in [0.05, 0.1) is 0 Å². The molecule has 0 spiro atoms. The Morgan fingerprint density at radius 1 is 1.62 bits per heavy atom. The van der Waals surface area contributed by atoms with Crippen LogP contribution in [0, 0.1) is 5.92 Å². The molecule has 0 bridgehead atoms. The number of hydrogen-bond donors (Lipinski definition) is 1. The predicted molar refractivity (Wildman–Crippen MR) is 33.0 cm³/mol. The Morgan fingerprint density at radius 2 is 2.62 bits per heavy atom. The fourth-order valence-corrected chi connectivity index (χ4v) is 0.997. The Balaban J connectivity index is 2.37. The number of hydrogen-bond acceptors (Lipinski definition) is 1. The molecule has 0 saturated carbocycles. The molecule has 1 heterocycles. The fourth-order valence-electron chi connectivity index (χ4n) is 0.997. The molecule has 1 N–H and O–H groups in total. The van der Waals surface area contributed by atoms with Gasteiger partial charge >= 0.3 is 0 Å². The van der Waals surface area contributed by atoms with Crippen LogP contribution in [0.1, 0.15) is 0 Å². The van der Waals surface area contributed by atoms with Gasteiger partial charge in [0.15, 0.2) is 1.41 Å². The number of allylic oxidation sites excluding steroid dienone is 3. The Kier molecular flexibility index (Phi) is 0.488. The van der Waals surface area contributed by atoms with E-state index in [1.54, 1.807) is 6.20 Å². The molecule has 0 aromatic carbocycles. The number of rotatable bonds is 0. The summed E-state index contributed by atoms with van der Waals surface area (Å²) in [6.07, 6.45) is 9.84. The lowest BCUT2D eigenvalue weighted by Gasteiger charge is -1.97. The lowest BCUT2D eigenvalue weighted by Crippen LogP contribution is -2.00. The van der Waals surface area contributed by atoms with Crippen LogP contribution in [0.2, 0.25) is 1.41 Å². The van der Waals surface area contributed by atoms with Crippen LogP contribution in [0.5, 0.6) is 0 Å². The van der Waals surface area contributed by atoms with Gasteiger partial charge in [0.2, 0.25) is 0 Å². The summed E-state index contributed by atoms with van der Waals surface area (Å²) in [6.45, 7) is 0. The largest absolute Gasteiger partial charge is 0.365 e. The van der Waals surface area contributed by atoms with Crippen LogP contribution in [-0.2, 0) is 0 Å². The van der Waals surface area contributed by atoms with Crippen LogP contribution in [0.3, 0.4) is 0 Å². The zero-order valence-corrected chi connectivity index (χ0v) is 4.41. The molecular formula is C7H7N. The molecule has 1 atom stereocenters. The first kappa shape index (κ1) is 3.13. The van der Waals surface area contributed by atoms with Crippen LogP contribution in [0.4, 0.5) is 0 Å². The standard InChI is InChI=1S/C7H7N/c1-2-6-4-5-8-7(6)3-1/h1-6,8H/i/hT. The van der Waals surface area contributed by atoms with Crippen molar-refractivity contribution in [2.75, 3.05) is 0 Å². The van der Waals surface area contributed by atoms with E-state index >= 15 is 0 Å². The molecule has 8 heavy (non-hydrogen) atoms. The maximum absolute atomic E-state index is 7.30. The molecule has 0 amide bonds. The van der Waals surface area contributed by atoms with Crippen molar-refractivity contribution in [2.24, 2.45) is 5.92 Å². The highest BCUT2D eigenvalue weighted by molar-refractivity contribution is 5.34. The van der Waals surface area contributed by atoms with Crippen LogP contribution in [0.15, 0.2) is 36.2 Å². The fraction of sp³-hybridized carbons (Fsp3) is 0.143. The third-order valence-electron chi connectivity index (χ3n) is 1.44. The highest BCUT2D eigenvalue weighted by atomic mass is 14.9. The highest BCUT2D eigenvalue weighted by Gasteiger charge is 2.13. The summed E-state index contributed by atoms with van der Waals surface area (Å²) >= 11 is 0. The van der Waals surface area contributed by atoms with E-state index in [1.165, 1.54) is 5.31 Å². The second-order valence-electron chi connectivity index (χ2n) is 1.97. The molecule has 2 aliphatic rings. The first-order valence-corrected chi connectivity index (χ1v) is 2.73. The van der Waals surface area contributed by atoms with Crippen molar-refractivity contribution >= 4 is 0 Å². The van der Waals surface area contributed by atoms with Crippen LogP contribution < -0.4 is 5.31 Å². The van der Waals surface area contributed by atoms with Crippen LogP contribution in [-0.4, -0.2) is 0 Å². The SMILES string of the molecule is [3H]N1C=CC2C=CC=C21. The smallest absolute Gasteiger partial charge is 0.166 e. The monoisotopic (exact) mass is 107 g/mol. The van der Waals surface area contributed by atoms with E-state index in [0.717, 1.165) is 5.70 Å². The number of nitrogens with one attached hydrogen (secondary N) is 1. The normalized spacial score (nSPS) is 33.0. The molecule has 0 saturated heterocycles. The van der Waals surface area contributed by atoms with Gasteiger partial charge in [-0.1, -0.05) is 18.2 Å². The third-order valence-corrected chi connectivity index (χ3v) is 1.44. The van der Waals surface area contributed by atoms with Crippen molar-refractivity contribution in [2.45, 2.75) is 0 Å². The summed E-state index contributed by atoms with van der Waals surface area (Å²) in [6, 6.07) is 0. The Hall–Kier alpha value is -0.980. The highest BCUT2D eigenvalue weighted by Crippen LogP contribution is 2.21. The van der Waals surface area contributed by atoms with Gasteiger partial charge in [-0.15, -0.1) is 0 Å². The van der Waals surface area contributed by atoms with E-state index in [4.69, 9.17) is 1.41 Å². The first-order chi connectivity index (χ1) is 4.38. The maximum Gasteiger partial charge on any atom is 0.166 e. The summed E-state index contributed by atoms with van der Waals surface area (Å²) in [5, 5.41) is 1.41. The van der Waals surface area contributed by atoms with Gasteiger partial charge in [0, 0.05) is 11.6 Å². The summed E-state index contributed by atoms with van der Waals surface area (Å²) in [5.41, 5.74) is 1.06. The second-order valence-corrected chi connectivity index (χ2v) is 1.97. The quantitative estimate of drug-likeness (QED) is 0.490. The Labute approximate surface area is 49.9 Å². The minimum atomic E-state index is 0.391. The molecule has 1 unspecified atom stereocenters. The van der Waals surface area contributed by atoms with Gasteiger partial charge < -0.3 is 5.31 Å². The topological polar surface area (TPSA) is 12.0 Å². The maximum atomic E-state index is 7.30. The van der Waals surface area contributed by atoms with E-state index in [1.807, 2.05) is 18.2 Å². The minimum absolute atomic E-state index is 0.391. The molecule has 2 rings (SSSR count). The molecule has 1 aliphatic carbocycles. The Morgan fingerprint density at radius 3 is 3.50 bits per heavy atom. The Bertz CT molecular complexity index is 215. The van der Waals surface area contributed by atoms with Gasteiger partial charge in [0.1, 0.15) is 0 Å². The molecule has 0 aromatic heterocycles. The van der Waals surface area contributed by atoms with Crippen molar-refractivity contribution in [3.05, 3.63) is 36.2 Å². The minimum Gasteiger partial charge on any atom is -0.365 e. The summed E-state index contributed by atoms with van der Waals surface area (Å²) in [7, 11) is 0. The predicted octanol–water partition coefficient (Wildman–Crippen LogP) is 1.17. The van der Waals surface area contributed by atoms with Crippen molar-refractivity contribution < 1.29 is 1.41 Å². The summed E-state index contributed by atoms with van der Waals surface area (Å²) in [4.78, 5) is 0. The summed E-state index contributed by atoms with van der Waals surface area (Å²) < 4.78 is 7.30. The molecule has 0 aromatic rings. The zero-order valence-electron chi connectivity index (χ0n) is 5.41. The average molecular weight is 107 g/mol. The molecule has 1 heteroatoms. The molecular weight excluding hydrogens is 98.1 g/mol. The first-order valence-electron chi connectivity index (χ1n) is 3.17. The van der Waals surface area contributed by atoms with Gasteiger partial charge in [-0.05, 0) is 12.3 Å². The van der Waals surface area contributed by atoms with Crippen molar-refractivity contribution in [1.29, 1.82) is 0 Å². The van der Waals surface area contributed by atoms with Crippen LogP contribution >= 0.6 is 0 Å². The van der Waals surface area contributed by atoms with E-state index in [0.29, 0.717) is 5.92 Å². The second kappa shape index (κ2) is 1.25. The van der Waals surface area contributed by atoms with E-state index < -0.39 is 0 Å². The van der Waals surface area contributed by atoms with E-state index in [-0.39, 0.29) is 0 Å². The average Bonchev–Trinajstić information content (AvgIpc) is 2.35.